The van der Waals surface area contributed by atoms with Gasteiger partial charge >= 0.3 is 139 Å². The molecule has 0 aliphatic heterocycles. The first-order valence-electron chi connectivity index (χ1n) is 8.05. The quantitative estimate of drug-likeness (QED) is 0.813. The Morgan fingerprint density at radius 3 is 2.24 bits per heavy atom. The second kappa shape index (κ2) is 6.06. The molecule has 0 heterocycles. The predicted octanol–water partition coefficient (Wildman–Crippen LogP) is 4.27. The van der Waals surface area contributed by atoms with E-state index in [0.29, 0.717) is 0 Å². The number of benzene rings is 1. The minimum absolute atomic E-state index is 0.121. The first-order chi connectivity index (χ1) is 9.63. The van der Waals surface area contributed by atoms with Gasteiger partial charge in [0, 0.05) is 0 Å². The molecule has 1 aliphatic rings. The van der Waals surface area contributed by atoms with Crippen LogP contribution in [0.25, 0.3) is 5.70 Å². The molecule has 21 heavy (non-hydrogen) atoms. The van der Waals surface area contributed by atoms with Crippen LogP contribution in [0.4, 0.5) is 0 Å². The Labute approximate surface area is 138 Å². The van der Waals surface area contributed by atoms with Crippen LogP contribution in [0.2, 0.25) is 23.6 Å². The van der Waals surface area contributed by atoms with Crippen LogP contribution < -0.4 is 10.5 Å². The normalized spacial score (nSPS) is 18.2. The second-order valence-corrected chi connectivity index (χ2v) is 15.1. The summed E-state index contributed by atoms with van der Waals surface area (Å²) in [6.07, 6.45) is 0. The van der Waals surface area contributed by atoms with Crippen molar-refractivity contribution in [2.24, 2.45) is 0 Å². The molecular weight excluding hydrogens is 306 g/mol. The van der Waals surface area contributed by atoms with E-state index in [4.69, 9.17) is 0 Å². The van der Waals surface area contributed by atoms with Crippen LogP contribution in [-0.2, 0) is 17.9 Å². The van der Waals surface area contributed by atoms with Crippen LogP contribution in [0.15, 0.2) is 23.8 Å². The third-order valence-corrected chi connectivity index (χ3v) is 8.91. The van der Waals surface area contributed by atoms with Crippen molar-refractivity contribution in [3.05, 3.63) is 34.9 Å². The van der Waals surface area contributed by atoms with Crippen molar-refractivity contribution in [3.8, 4) is 0 Å². The third kappa shape index (κ3) is 3.38. The number of fused-ring (bicyclic) bond motifs is 1. The molecule has 0 spiro atoms. The number of rotatable bonds is 3. The Hall–Kier alpha value is -0.309. The van der Waals surface area contributed by atoms with E-state index >= 15 is 0 Å². The van der Waals surface area contributed by atoms with Crippen molar-refractivity contribution in [2.75, 3.05) is 0 Å². The molecule has 0 fully saturated rings. The monoisotopic (exact) mass is 336 g/mol. The maximum atomic E-state index is 3.83. The van der Waals surface area contributed by atoms with E-state index in [0.717, 1.165) is 4.22 Å². The van der Waals surface area contributed by atoms with Crippen molar-refractivity contribution in [1.29, 1.82) is 0 Å². The van der Waals surface area contributed by atoms with Crippen LogP contribution in [0, 0.1) is 0 Å². The topological polar surface area (TPSA) is 12.0 Å². The van der Waals surface area contributed by atoms with E-state index in [2.05, 4.69) is 74.8 Å². The van der Waals surface area contributed by atoms with Gasteiger partial charge < -0.3 is 0 Å². The summed E-state index contributed by atoms with van der Waals surface area (Å²) in [5.74, 6) is 0. The average molecular weight is 336 g/mol. The van der Waals surface area contributed by atoms with Crippen molar-refractivity contribution >= 4 is 19.7 Å². The van der Waals surface area contributed by atoms with Gasteiger partial charge in [0.1, 0.15) is 0 Å². The summed E-state index contributed by atoms with van der Waals surface area (Å²) < 4.78 is 0.734. The average Bonchev–Trinajstić information content (AvgIpc) is 2.60. The van der Waals surface area contributed by atoms with Gasteiger partial charge in [0.25, 0.3) is 0 Å². The molecule has 0 bridgehead atoms. The zero-order valence-electron chi connectivity index (χ0n) is 14.9. The van der Waals surface area contributed by atoms with E-state index in [1.54, 1.807) is 21.9 Å². The summed E-state index contributed by atoms with van der Waals surface area (Å²) in [6.45, 7) is 14.1. The molecule has 115 valence electrons. The van der Waals surface area contributed by atoms with Gasteiger partial charge in [0.15, 0.2) is 0 Å². The summed E-state index contributed by atoms with van der Waals surface area (Å²) in [5.41, 5.74) is 6.37. The van der Waals surface area contributed by atoms with Crippen LogP contribution in [0.1, 0.15) is 43.0 Å². The first kappa shape index (κ1) is 17.1. The number of allylic oxidation sites excluding steroid dienone is 1. The molecule has 1 aromatic rings. The molecule has 1 nitrogen and oxygen atoms in total. The zero-order chi connectivity index (χ0) is 15.9. The van der Waals surface area contributed by atoms with Crippen molar-refractivity contribution < 1.29 is 17.9 Å². The van der Waals surface area contributed by atoms with Gasteiger partial charge in [-0.05, 0) is 0 Å². The molecule has 1 unspecified atom stereocenters. The van der Waals surface area contributed by atoms with Gasteiger partial charge in [-0.25, -0.2) is 0 Å². The Morgan fingerprint density at radius 2 is 1.76 bits per heavy atom. The Kier molecular flexibility index (Phi) is 4.92. The first-order valence-corrected chi connectivity index (χ1v) is 15.0. The van der Waals surface area contributed by atoms with Crippen molar-refractivity contribution in [1.82, 2.24) is 5.32 Å². The van der Waals surface area contributed by atoms with Crippen molar-refractivity contribution in [2.45, 2.75) is 61.0 Å². The molecule has 2 rings (SSSR count). The summed E-state index contributed by atoms with van der Waals surface area (Å²) >= 11 is -1.04. The van der Waals surface area contributed by atoms with Crippen LogP contribution >= 0.6 is 0 Å². The summed E-state index contributed by atoms with van der Waals surface area (Å²) in [6, 6.07) is 7.06. The van der Waals surface area contributed by atoms with Gasteiger partial charge in [-0.15, -0.1) is 0 Å². The van der Waals surface area contributed by atoms with Gasteiger partial charge in [0.05, 0.1) is 0 Å². The van der Waals surface area contributed by atoms with Gasteiger partial charge in [0.2, 0.25) is 0 Å². The standard InChI is InChI=1S/C16H24NSi.2CH3.Ti/c1-11-10-12-8-7-9-13(18(5)6)14(12)15(11)17-16(2,3)4;;;/h7-10,17-18H,1-6H3;2*1H3;. The van der Waals surface area contributed by atoms with E-state index in [1.807, 2.05) is 0 Å². The fraction of sp³-hybridized carbons (Fsp3) is 0.556. The SMILES string of the molecule is CC1=C(NC(C)(C)C)c2c(cccc2[SiH](C)C)[CH]1[Ti]([CH3])[CH3]. The Balaban J connectivity index is 2.65. The second-order valence-electron chi connectivity index (χ2n) is 7.91. The van der Waals surface area contributed by atoms with E-state index in [9.17, 15) is 0 Å². The van der Waals surface area contributed by atoms with E-state index in [-0.39, 0.29) is 5.54 Å². The maximum absolute atomic E-state index is 3.83. The minimum atomic E-state index is -1.04. The van der Waals surface area contributed by atoms with E-state index in [1.165, 1.54) is 5.70 Å². The molecule has 0 aromatic heterocycles. The molecule has 0 saturated carbocycles. The molecule has 1 aliphatic carbocycles. The summed E-state index contributed by atoms with van der Waals surface area (Å²) in [7, 11) is -0.822. The van der Waals surface area contributed by atoms with Crippen LogP contribution in [0.3, 0.4) is 0 Å². The molecule has 1 aromatic carbocycles. The van der Waals surface area contributed by atoms with Gasteiger partial charge in [-0.2, -0.15) is 0 Å². The Morgan fingerprint density at radius 1 is 1.14 bits per heavy atom. The van der Waals surface area contributed by atoms with Gasteiger partial charge in [-0.3, -0.25) is 0 Å². The molecule has 0 amide bonds. The number of hydrogen-bond acceptors (Lipinski definition) is 1. The molecule has 0 radical (unpaired) electrons. The predicted molar refractivity (Wildman–Crippen MR) is 94.9 cm³/mol. The molecule has 3 heteroatoms. The fourth-order valence-corrected chi connectivity index (χ4v) is 7.76. The van der Waals surface area contributed by atoms with Crippen LogP contribution in [0.5, 0.6) is 0 Å². The number of nitrogens with one attached hydrogen (secondary N) is 1. The molecule has 0 saturated heterocycles. The zero-order valence-corrected chi connectivity index (χ0v) is 17.6. The Bertz CT molecular complexity index is 567. The molecular formula is C18H30NSiTi. The third-order valence-electron chi connectivity index (χ3n) is 4.22. The fourth-order valence-electron chi connectivity index (χ4n) is 3.45. The van der Waals surface area contributed by atoms with Gasteiger partial charge in [-0.1, -0.05) is 0 Å². The molecule has 1 atom stereocenters. The number of hydrogen-bond donors (Lipinski definition) is 1. The summed E-state index contributed by atoms with van der Waals surface area (Å²) in [5, 5.41) is 10.5. The van der Waals surface area contributed by atoms with E-state index < -0.39 is 26.7 Å². The van der Waals surface area contributed by atoms with Crippen LogP contribution in [-0.4, -0.2) is 14.3 Å². The molecule has 1 N–H and O–H groups in total. The summed E-state index contributed by atoms with van der Waals surface area (Å²) in [4.78, 5) is 0. The van der Waals surface area contributed by atoms with Crippen molar-refractivity contribution in [3.63, 3.8) is 0 Å².